The first-order valence-electron chi connectivity index (χ1n) is 2.41. The molecule has 0 aromatic carbocycles. The van der Waals surface area contributed by atoms with Crippen LogP contribution in [0.15, 0.2) is 5.18 Å². The van der Waals surface area contributed by atoms with Crippen molar-refractivity contribution in [2.24, 2.45) is 5.18 Å². The minimum Gasteiger partial charge on any atom is -0.295 e. The van der Waals surface area contributed by atoms with Crippen molar-refractivity contribution in [1.82, 2.24) is 5.32 Å². The second-order valence-corrected chi connectivity index (χ2v) is 1.29. The van der Waals surface area contributed by atoms with Crippen molar-refractivity contribution in [2.75, 3.05) is 13.2 Å². The Kier molecular flexibility index (Phi) is 5.21. The predicted octanol–water partition coefficient (Wildman–Crippen LogP) is 0.710. The molecule has 3 nitrogen and oxygen atoms in total. The molecule has 42 valence electrons. The molecule has 0 fully saturated rings. The fourth-order valence-electron chi connectivity index (χ4n) is 0.301. The molecule has 0 rings (SSSR count). The molecule has 0 heterocycles. The van der Waals surface area contributed by atoms with E-state index in [2.05, 4.69) is 10.5 Å². The maximum atomic E-state index is 9.37. The van der Waals surface area contributed by atoms with E-state index in [-0.39, 0.29) is 6.67 Å². The molecular weight excluding hydrogens is 92.1 g/mol. The van der Waals surface area contributed by atoms with Gasteiger partial charge in [-0.3, -0.25) is 5.32 Å². The first-order chi connectivity index (χ1) is 3.41. The van der Waals surface area contributed by atoms with Crippen LogP contribution >= 0.6 is 0 Å². The van der Waals surface area contributed by atoms with Gasteiger partial charge in [-0.25, -0.2) is 0 Å². The Morgan fingerprint density at radius 3 is 2.86 bits per heavy atom. The minimum atomic E-state index is 0.244. The van der Waals surface area contributed by atoms with E-state index in [0.717, 1.165) is 13.0 Å². The van der Waals surface area contributed by atoms with E-state index in [9.17, 15) is 4.91 Å². The van der Waals surface area contributed by atoms with Gasteiger partial charge in [0.2, 0.25) is 0 Å². The number of nitrogens with zero attached hydrogens (tertiary/aromatic N) is 1. The zero-order valence-corrected chi connectivity index (χ0v) is 4.48. The summed E-state index contributed by atoms with van der Waals surface area (Å²) in [5.74, 6) is 0. The van der Waals surface area contributed by atoms with Crippen LogP contribution in [0.1, 0.15) is 13.3 Å². The van der Waals surface area contributed by atoms with Crippen LogP contribution in [0.2, 0.25) is 0 Å². The van der Waals surface area contributed by atoms with E-state index in [1.807, 2.05) is 6.92 Å². The molecule has 0 aromatic rings. The maximum Gasteiger partial charge on any atom is 0.131 e. The monoisotopic (exact) mass is 102 g/mol. The smallest absolute Gasteiger partial charge is 0.131 e. The molecule has 0 aliphatic carbocycles. The summed E-state index contributed by atoms with van der Waals surface area (Å²) < 4.78 is 0. The Hall–Kier alpha value is -0.440. The minimum absolute atomic E-state index is 0.244. The van der Waals surface area contributed by atoms with Crippen molar-refractivity contribution in [3.05, 3.63) is 4.91 Å². The Labute approximate surface area is 43.1 Å². The van der Waals surface area contributed by atoms with Gasteiger partial charge in [-0.15, -0.1) is 4.91 Å². The van der Waals surface area contributed by atoms with Crippen molar-refractivity contribution in [1.29, 1.82) is 0 Å². The summed E-state index contributed by atoms with van der Waals surface area (Å²) >= 11 is 0. The summed E-state index contributed by atoms with van der Waals surface area (Å²) in [6.45, 7) is 3.16. The highest BCUT2D eigenvalue weighted by Gasteiger charge is 1.76. The molecule has 0 atom stereocenters. The number of rotatable bonds is 4. The normalized spacial score (nSPS) is 8.71. The third-order valence-electron chi connectivity index (χ3n) is 0.603. The van der Waals surface area contributed by atoms with Crippen LogP contribution in [0, 0.1) is 4.91 Å². The summed E-state index contributed by atoms with van der Waals surface area (Å²) in [6.07, 6.45) is 1.05. The molecule has 0 saturated carbocycles. The van der Waals surface area contributed by atoms with Gasteiger partial charge in [0.15, 0.2) is 0 Å². The van der Waals surface area contributed by atoms with Gasteiger partial charge in [0, 0.05) is 0 Å². The molecule has 0 aliphatic heterocycles. The van der Waals surface area contributed by atoms with Crippen molar-refractivity contribution in [3.63, 3.8) is 0 Å². The number of nitroso groups, excluding NO2 is 1. The Morgan fingerprint density at radius 2 is 2.43 bits per heavy atom. The average Bonchev–Trinajstić information content (AvgIpc) is 1.69. The van der Waals surface area contributed by atoms with Gasteiger partial charge in [0.1, 0.15) is 6.67 Å². The van der Waals surface area contributed by atoms with E-state index >= 15 is 0 Å². The first-order valence-corrected chi connectivity index (χ1v) is 2.41. The summed E-state index contributed by atoms with van der Waals surface area (Å²) in [5, 5.41) is 5.42. The van der Waals surface area contributed by atoms with Gasteiger partial charge in [-0.05, 0) is 13.0 Å². The van der Waals surface area contributed by atoms with Crippen LogP contribution in [0.5, 0.6) is 0 Å². The van der Waals surface area contributed by atoms with Crippen LogP contribution in [0.25, 0.3) is 0 Å². The molecule has 1 N–H and O–H groups in total. The van der Waals surface area contributed by atoms with Crippen molar-refractivity contribution >= 4 is 0 Å². The molecule has 0 spiro atoms. The lowest BCUT2D eigenvalue weighted by atomic mass is 10.5. The quantitative estimate of drug-likeness (QED) is 0.419. The average molecular weight is 102 g/mol. The molecule has 0 unspecified atom stereocenters. The van der Waals surface area contributed by atoms with E-state index in [4.69, 9.17) is 0 Å². The van der Waals surface area contributed by atoms with Crippen LogP contribution in [-0.4, -0.2) is 13.2 Å². The van der Waals surface area contributed by atoms with Crippen molar-refractivity contribution in [2.45, 2.75) is 13.3 Å². The second-order valence-electron chi connectivity index (χ2n) is 1.29. The summed E-state index contributed by atoms with van der Waals surface area (Å²) in [6, 6.07) is 0. The Morgan fingerprint density at radius 1 is 1.71 bits per heavy atom. The lowest BCUT2D eigenvalue weighted by Crippen LogP contribution is -2.13. The van der Waals surface area contributed by atoms with Gasteiger partial charge in [0.05, 0.1) is 0 Å². The fourth-order valence-corrected chi connectivity index (χ4v) is 0.301. The summed E-state index contributed by atoms with van der Waals surface area (Å²) in [5.41, 5.74) is 0. The molecule has 0 amide bonds. The van der Waals surface area contributed by atoms with Crippen molar-refractivity contribution in [3.8, 4) is 0 Å². The SMILES string of the molecule is CCCNCN=O. The highest BCUT2D eigenvalue weighted by atomic mass is 16.3. The molecule has 7 heavy (non-hydrogen) atoms. The zero-order chi connectivity index (χ0) is 5.54. The van der Waals surface area contributed by atoms with Gasteiger partial charge >= 0.3 is 0 Å². The van der Waals surface area contributed by atoms with E-state index in [1.165, 1.54) is 0 Å². The Balaban J connectivity index is 2.56. The topological polar surface area (TPSA) is 41.5 Å². The van der Waals surface area contributed by atoms with Gasteiger partial charge in [-0.1, -0.05) is 12.1 Å². The zero-order valence-electron chi connectivity index (χ0n) is 4.48. The molecule has 3 heteroatoms. The van der Waals surface area contributed by atoms with Gasteiger partial charge in [0.25, 0.3) is 0 Å². The highest BCUT2D eigenvalue weighted by molar-refractivity contribution is 4.38. The molecule has 0 aromatic heterocycles. The van der Waals surface area contributed by atoms with E-state index < -0.39 is 0 Å². The third-order valence-corrected chi connectivity index (χ3v) is 0.603. The van der Waals surface area contributed by atoms with Crippen LogP contribution in [-0.2, 0) is 0 Å². The van der Waals surface area contributed by atoms with Gasteiger partial charge < -0.3 is 0 Å². The number of hydrogen-bond acceptors (Lipinski definition) is 3. The molecule has 0 radical (unpaired) electrons. The van der Waals surface area contributed by atoms with E-state index in [0.29, 0.717) is 0 Å². The number of nitrogens with one attached hydrogen (secondary N) is 1. The first kappa shape index (κ1) is 6.56. The molecular formula is C4H10N2O. The van der Waals surface area contributed by atoms with E-state index in [1.54, 1.807) is 0 Å². The molecule has 0 saturated heterocycles. The summed E-state index contributed by atoms with van der Waals surface area (Å²) in [4.78, 5) is 9.37. The third kappa shape index (κ3) is 5.56. The largest absolute Gasteiger partial charge is 0.295 e. The number of hydrogen-bond donors (Lipinski definition) is 1. The van der Waals surface area contributed by atoms with Crippen molar-refractivity contribution < 1.29 is 0 Å². The Bertz CT molecular complexity index is 47.0. The molecule has 0 bridgehead atoms. The second kappa shape index (κ2) is 5.56. The fraction of sp³-hybridized carbons (Fsp3) is 1.00. The van der Waals surface area contributed by atoms with Crippen LogP contribution in [0.4, 0.5) is 0 Å². The van der Waals surface area contributed by atoms with Crippen LogP contribution in [0.3, 0.4) is 0 Å². The maximum absolute atomic E-state index is 9.37. The summed E-state index contributed by atoms with van der Waals surface area (Å²) in [7, 11) is 0. The van der Waals surface area contributed by atoms with Crippen LogP contribution < -0.4 is 5.32 Å². The lowest BCUT2D eigenvalue weighted by molar-refractivity contribution is 0.688. The van der Waals surface area contributed by atoms with Gasteiger partial charge in [-0.2, -0.15) is 0 Å². The predicted molar refractivity (Wildman–Crippen MR) is 29.0 cm³/mol. The lowest BCUT2D eigenvalue weighted by Gasteiger charge is -1.90. The highest BCUT2D eigenvalue weighted by Crippen LogP contribution is 1.67. The molecule has 0 aliphatic rings. The standard InChI is InChI=1S/C4H10N2O/c1-2-3-5-4-6-7/h5H,2-4H2,1H3.